The molecule has 0 saturated heterocycles. The van der Waals surface area contributed by atoms with Crippen molar-refractivity contribution in [3.05, 3.63) is 29.3 Å². The maximum atomic E-state index is 11.9. The lowest BCUT2D eigenvalue weighted by atomic mass is 10.0. The van der Waals surface area contributed by atoms with Gasteiger partial charge in [0, 0.05) is 12.6 Å². The van der Waals surface area contributed by atoms with Gasteiger partial charge in [0.15, 0.2) is 9.84 Å². The van der Waals surface area contributed by atoms with E-state index in [2.05, 4.69) is 10.6 Å². The number of aryl methyl sites for hydroxylation is 1. The van der Waals surface area contributed by atoms with Crippen LogP contribution in [0, 0.1) is 0 Å². The zero-order valence-electron chi connectivity index (χ0n) is 10.9. The first-order valence-corrected chi connectivity index (χ1v) is 7.91. The Morgan fingerprint density at radius 2 is 2.11 bits per heavy atom. The Bertz CT molecular complexity index is 526. The SMILES string of the molecule is CNCC(NC)c1ccc2c(c1)CCCS2(=O)=O. The summed E-state index contributed by atoms with van der Waals surface area (Å²) < 4.78 is 23.8. The Hall–Kier alpha value is -0.910. The average molecular weight is 268 g/mol. The highest BCUT2D eigenvalue weighted by Gasteiger charge is 2.24. The summed E-state index contributed by atoms with van der Waals surface area (Å²) in [7, 11) is 0.785. The van der Waals surface area contributed by atoms with Crippen molar-refractivity contribution in [1.82, 2.24) is 10.6 Å². The van der Waals surface area contributed by atoms with E-state index in [0.717, 1.165) is 30.5 Å². The third-order valence-electron chi connectivity index (χ3n) is 3.44. The van der Waals surface area contributed by atoms with E-state index < -0.39 is 9.84 Å². The van der Waals surface area contributed by atoms with Crippen molar-refractivity contribution in [3.8, 4) is 0 Å². The summed E-state index contributed by atoms with van der Waals surface area (Å²) >= 11 is 0. The Morgan fingerprint density at radius 3 is 2.78 bits per heavy atom. The number of hydrogen-bond donors (Lipinski definition) is 2. The fourth-order valence-electron chi connectivity index (χ4n) is 2.47. The predicted molar refractivity (Wildman–Crippen MR) is 72.5 cm³/mol. The van der Waals surface area contributed by atoms with E-state index in [1.165, 1.54) is 0 Å². The fourth-order valence-corrected chi connectivity index (χ4v) is 4.05. The average Bonchev–Trinajstić information content (AvgIpc) is 2.35. The first kappa shape index (κ1) is 13.5. The van der Waals surface area contributed by atoms with Gasteiger partial charge in [-0.2, -0.15) is 0 Å². The molecule has 1 atom stereocenters. The van der Waals surface area contributed by atoms with E-state index in [4.69, 9.17) is 0 Å². The zero-order valence-corrected chi connectivity index (χ0v) is 11.7. The molecular weight excluding hydrogens is 248 g/mol. The highest BCUT2D eigenvalue weighted by molar-refractivity contribution is 7.91. The number of fused-ring (bicyclic) bond motifs is 1. The van der Waals surface area contributed by atoms with Gasteiger partial charge in [0.05, 0.1) is 10.6 Å². The van der Waals surface area contributed by atoms with Crippen molar-refractivity contribution in [1.29, 1.82) is 0 Å². The molecule has 0 amide bonds. The largest absolute Gasteiger partial charge is 0.318 e. The van der Waals surface area contributed by atoms with Gasteiger partial charge in [-0.05, 0) is 44.1 Å². The summed E-state index contributed by atoms with van der Waals surface area (Å²) in [6.07, 6.45) is 1.59. The van der Waals surface area contributed by atoms with E-state index in [-0.39, 0.29) is 11.8 Å². The van der Waals surface area contributed by atoms with E-state index in [0.29, 0.717) is 4.90 Å². The van der Waals surface area contributed by atoms with Gasteiger partial charge in [-0.15, -0.1) is 0 Å². The number of hydrogen-bond acceptors (Lipinski definition) is 4. The number of benzene rings is 1. The smallest absolute Gasteiger partial charge is 0.178 e. The lowest BCUT2D eigenvalue weighted by molar-refractivity contribution is 0.556. The van der Waals surface area contributed by atoms with Crippen molar-refractivity contribution in [2.75, 3.05) is 26.4 Å². The zero-order chi connectivity index (χ0) is 13.2. The van der Waals surface area contributed by atoms with Crippen LogP contribution in [-0.4, -0.2) is 34.8 Å². The van der Waals surface area contributed by atoms with Crippen LogP contribution in [-0.2, 0) is 16.3 Å². The molecule has 4 nitrogen and oxygen atoms in total. The Morgan fingerprint density at radius 1 is 1.33 bits per heavy atom. The van der Waals surface area contributed by atoms with E-state index in [1.54, 1.807) is 6.07 Å². The summed E-state index contributed by atoms with van der Waals surface area (Å²) in [5, 5.41) is 6.37. The normalized spacial score (nSPS) is 19.2. The molecule has 1 aromatic rings. The van der Waals surface area contributed by atoms with Crippen LogP contribution >= 0.6 is 0 Å². The van der Waals surface area contributed by atoms with E-state index >= 15 is 0 Å². The molecule has 2 N–H and O–H groups in total. The molecule has 5 heteroatoms. The van der Waals surface area contributed by atoms with Crippen molar-refractivity contribution >= 4 is 9.84 Å². The predicted octanol–water partition coefficient (Wildman–Crippen LogP) is 0.886. The van der Waals surface area contributed by atoms with Gasteiger partial charge >= 0.3 is 0 Å². The van der Waals surface area contributed by atoms with Crippen LogP contribution in [0.25, 0.3) is 0 Å². The summed E-state index contributed by atoms with van der Waals surface area (Å²) in [6.45, 7) is 0.821. The summed E-state index contributed by atoms with van der Waals surface area (Å²) in [4.78, 5) is 0.525. The van der Waals surface area contributed by atoms with Crippen LogP contribution in [0.3, 0.4) is 0 Å². The molecular formula is C13H20N2O2S. The maximum Gasteiger partial charge on any atom is 0.178 e. The Labute approximate surface area is 109 Å². The molecule has 0 spiro atoms. The molecule has 1 aliphatic heterocycles. The molecule has 18 heavy (non-hydrogen) atoms. The van der Waals surface area contributed by atoms with E-state index in [9.17, 15) is 8.42 Å². The number of nitrogens with one attached hydrogen (secondary N) is 2. The van der Waals surface area contributed by atoms with Crippen LogP contribution in [0.15, 0.2) is 23.1 Å². The van der Waals surface area contributed by atoms with Crippen molar-refractivity contribution in [2.45, 2.75) is 23.8 Å². The minimum atomic E-state index is -3.04. The second-order valence-corrected chi connectivity index (χ2v) is 6.77. The summed E-state index contributed by atoms with van der Waals surface area (Å²) in [6, 6.07) is 5.93. The lowest BCUT2D eigenvalue weighted by Crippen LogP contribution is -2.27. The van der Waals surface area contributed by atoms with Gasteiger partial charge < -0.3 is 10.6 Å². The van der Waals surface area contributed by atoms with E-state index in [1.807, 2.05) is 26.2 Å². The van der Waals surface area contributed by atoms with Gasteiger partial charge in [-0.25, -0.2) is 8.42 Å². The molecule has 2 rings (SSSR count). The Balaban J connectivity index is 2.38. The molecule has 0 aliphatic carbocycles. The minimum absolute atomic E-state index is 0.213. The number of likely N-dealkylation sites (N-methyl/N-ethyl adjacent to an activating group) is 2. The third-order valence-corrected chi connectivity index (χ3v) is 5.33. The van der Waals surface area contributed by atoms with Crippen LogP contribution in [0.1, 0.15) is 23.6 Å². The monoisotopic (exact) mass is 268 g/mol. The molecule has 100 valence electrons. The second kappa shape index (κ2) is 5.38. The Kier molecular flexibility index (Phi) is 4.04. The van der Waals surface area contributed by atoms with Gasteiger partial charge in [-0.3, -0.25) is 0 Å². The maximum absolute atomic E-state index is 11.9. The molecule has 0 aromatic heterocycles. The number of rotatable bonds is 4. The fraction of sp³-hybridized carbons (Fsp3) is 0.538. The second-order valence-electron chi connectivity index (χ2n) is 4.69. The number of sulfone groups is 1. The van der Waals surface area contributed by atoms with Gasteiger partial charge in [-0.1, -0.05) is 12.1 Å². The molecule has 0 bridgehead atoms. The minimum Gasteiger partial charge on any atom is -0.318 e. The molecule has 0 radical (unpaired) electrons. The van der Waals surface area contributed by atoms with Crippen molar-refractivity contribution in [3.63, 3.8) is 0 Å². The highest BCUT2D eigenvalue weighted by atomic mass is 32.2. The standard InChI is InChI=1S/C13H20N2O2S/c1-14-9-12(15-2)10-5-6-13-11(8-10)4-3-7-18(13,16)17/h5-6,8,12,14-15H,3-4,7,9H2,1-2H3. The molecule has 1 aliphatic rings. The first-order chi connectivity index (χ1) is 8.58. The van der Waals surface area contributed by atoms with Crippen molar-refractivity contribution < 1.29 is 8.42 Å². The topological polar surface area (TPSA) is 58.2 Å². The van der Waals surface area contributed by atoms with Crippen LogP contribution in [0.2, 0.25) is 0 Å². The molecule has 0 saturated carbocycles. The third kappa shape index (κ3) is 2.58. The van der Waals surface area contributed by atoms with Crippen LogP contribution in [0.4, 0.5) is 0 Å². The first-order valence-electron chi connectivity index (χ1n) is 6.26. The summed E-state index contributed by atoms with van der Waals surface area (Å²) in [5.41, 5.74) is 2.11. The van der Waals surface area contributed by atoms with Crippen LogP contribution < -0.4 is 10.6 Å². The summed E-state index contributed by atoms with van der Waals surface area (Å²) in [5.74, 6) is 0.283. The van der Waals surface area contributed by atoms with Crippen LogP contribution in [0.5, 0.6) is 0 Å². The van der Waals surface area contributed by atoms with Gasteiger partial charge in [0.1, 0.15) is 0 Å². The molecule has 1 heterocycles. The highest BCUT2D eigenvalue weighted by Crippen LogP contribution is 2.27. The van der Waals surface area contributed by atoms with Crippen molar-refractivity contribution in [2.24, 2.45) is 0 Å². The molecule has 1 aromatic carbocycles. The van der Waals surface area contributed by atoms with Gasteiger partial charge in [0.2, 0.25) is 0 Å². The lowest BCUT2D eigenvalue weighted by Gasteiger charge is -2.21. The van der Waals surface area contributed by atoms with Gasteiger partial charge in [0.25, 0.3) is 0 Å². The molecule has 0 fully saturated rings. The quantitative estimate of drug-likeness (QED) is 0.851. The molecule has 1 unspecified atom stereocenters.